The Labute approximate surface area is 226 Å². The zero-order valence-corrected chi connectivity index (χ0v) is 23.6. The highest BCUT2D eigenvalue weighted by atomic mass is 32.2. The van der Waals surface area contributed by atoms with E-state index in [0.29, 0.717) is 43.4 Å². The molecular weight excluding hydrogens is 506 g/mol. The molecule has 10 heteroatoms. The summed E-state index contributed by atoms with van der Waals surface area (Å²) < 4.78 is 38.7. The number of ether oxygens (including phenoxy) is 2. The summed E-state index contributed by atoms with van der Waals surface area (Å²) in [5.41, 5.74) is 2.20. The minimum absolute atomic E-state index is 0.182. The van der Waals surface area contributed by atoms with Gasteiger partial charge in [-0.05, 0) is 44.4 Å². The lowest BCUT2D eigenvalue weighted by molar-refractivity contribution is -0.140. The van der Waals surface area contributed by atoms with Crippen LogP contribution in [0.4, 0.5) is 5.69 Å². The molecule has 1 heterocycles. The topological polar surface area (TPSA) is 105 Å². The van der Waals surface area contributed by atoms with E-state index in [1.54, 1.807) is 18.2 Å². The summed E-state index contributed by atoms with van der Waals surface area (Å²) in [6, 6.07) is 11.8. The van der Waals surface area contributed by atoms with Crippen molar-refractivity contribution in [2.45, 2.75) is 59.5 Å². The maximum atomic E-state index is 13.9. The number of sulfonamides is 1. The van der Waals surface area contributed by atoms with Gasteiger partial charge in [0.15, 0.2) is 11.5 Å². The maximum Gasteiger partial charge on any atom is 0.244 e. The molecule has 0 aliphatic carbocycles. The summed E-state index contributed by atoms with van der Waals surface area (Å²) >= 11 is 0. The average molecular weight is 546 g/mol. The van der Waals surface area contributed by atoms with E-state index in [2.05, 4.69) is 5.32 Å². The number of aryl methyl sites for hydroxylation is 1. The molecule has 0 fully saturated rings. The van der Waals surface area contributed by atoms with E-state index in [0.717, 1.165) is 28.3 Å². The number of hydrogen-bond donors (Lipinski definition) is 1. The molecule has 2 aromatic carbocycles. The number of nitrogens with zero attached hydrogens (tertiary/aromatic N) is 2. The second kappa shape index (κ2) is 13.5. The molecular formula is C28H39N3O6S. The highest BCUT2D eigenvalue weighted by Gasteiger charge is 2.32. The van der Waals surface area contributed by atoms with Crippen LogP contribution >= 0.6 is 0 Å². The Morgan fingerprint density at radius 2 is 1.76 bits per heavy atom. The van der Waals surface area contributed by atoms with Crippen molar-refractivity contribution in [3.8, 4) is 11.5 Å². The second-order valence-corrected chi connectivity index (χ2v) is 11.5. The van der Waals surface area contributed by atoms with Crippen molar-refractivity contribution < 1.29 is 27.5 Å². The van der Waals surface area contributed by atoms with Crippen LogP contribution in [0.25, 0.3) is 0 Å². The van der Waals surface area contributed by atoms with Crippen molar-refractivity contribution in [3.63, 3.8) is 0 Å². The van der Waals surface area contributed by atoms with Crippen molar-refractivity contribution in [1.29, 1.82) is 0 Å². The van der Waals surface area contributed by atoms with Crippen LogP contribution in [-0.2, 0) is 26.2 Å². The predicted octanol–water partition coefficient (Wildman–Crippen LogP) is 3.65. The van der Waals surface area contributed by atoms with Crippen LogP contribution in [0.5, 0.6) is 11.5 Å². The maximum absolute atomic E-state index is 13.9. The molecule has 208 valence electrons. The van der Waals surface area contributed by atoms with Gasteiger partial charge in [0.2, 0.25) is 21.8 Å². The first-order valence-corrected chi connectivity index (χ1v) is 14.8. The molecule has 2 amide bonds. The van der Waals surface area contributed by atoms with Crippen LogP contribution in [0.2, 0.25) is 0 Å². The fourth-order valence-electron chi connectivity index (χ4n) is 4.34. The highest BCUT2D eigenvalue weighted by Crippen LogP contribution is 2.35. The van der Waals surface area contributed by atoms with Gasteiger partial charge in [-0.15, -0.1) is 0 Å². The molecule has 0 bridgehead atoms. The van der Waals surface area contributed by atoms with Gasteiger partial charge < -0.3 is 19.7 Å². The summed E-state index contributed by atoms with van der Waals surface area (Å²) in [5, 5.41) is 2.93. The molecule has 38 heavy (non-hydrogen) atoms. The molecule has 1 unspecified atom stereocenters. The normalized spacial score (nSPS) is 13.5. The summed E-state index contributed by atoms with van der Waals surface area (Å²) in [5.74, 6) is 0.0513. The number of hydrogen-bond acceptors (Lipinski definition) is 6. The van der Waals surface area contributed by atoms with E-state index >= 15 is 0 Å². The monoisotopic (exact) mass is 545 g/mol. The predicted molar refractivity (Wildman–Crippen MR) is 148 cm³/mol. The SMILES string of the molecule is CCCCNC(=O)C(CC)N(Cc1cccc(C)c1)C(=O)CN(c1ccc2c(c1)OCCO2)S(=O)(=O)CC. The Hall–Kier alpha value is -3.27. The highest BCUT2D eigenvalue weighted by molar-refractivity contribution is 7.92. The number of carbonyl (C=O) groups excluding carboxylic acids is 2. The molecule has 1 aliphatic heterocycles. The van der Waals surface area contributed by atoms with E-state index in [4.69, 9.17) is 9.47 Å². The zero-order valence-electron chi connectivity index (χ0n) is 22.7. The van der Waals surface area contributed by atoms with Crippen molar-refractivity contribution >= 4 is 27.5 Å². The lowest BCUT2D eigenvalue weighted by Gasteiger charge is -2.33. The molecule has 1 atom stereocenters. The van der Waals surface area contributed by atoms with Crippen molar-refractivity contribution in [2.24, 2.45) is 0 Å². The summed E-state index contributed by atoms with van der Waals surface area (Å²) in [4.78, 5) is 28.5. The Morgan fingerprint density at radius 1 is 1.03 bits per heavy atom. The number of nitrogens with one attached hydrogen (secondary N) is 1. The van der Waals surface area contributed by atoms with Crippen LogP contribution in [0.3, 0.4) is 0 Å². The van der Waals surface area contributed by atoms with Gasteiger partial charge in [-0.25, -0.2) is 8.42 Å². The minimum Gasteiger partial charge on any atom is -0.486 e. The summed E-state index contributed by atoms with van der Waals surface area (Å²) in [7, 11) is -3.83. The lowest BCUT2D eigenvalue weighted by Crippen LogP contribution is -2.52. The number of unbranched alkanes of at least 4 members (excludes halogenated alkanes) is 1. The van der Waals surface area contributed by atoms with Crippen LogP contribution < -0.4 is 19.1 Å². The second-order valence-electron chi connectivity index (χ2n) is 9.31. The Bertz CT molecular complexity index is 1220. The fraction of sp³-hybridized carbons (Fsp3) is 0.500. The molecule has 0 radical (unpaired) electrons. The Kier molecular flexibility index (Phi) is 10.4. The average Bonchev–Trinajstić information content (AvgIpc) is 2.91. The van der Waals surface area contributed by atoms with E-state index < -0.39 is 28.5 Å². The number of anilines is 1. The van der Waals surface area contributed by atoms with Crippen LogP contribution in [0, 0.1) is 6.92 Å². The molecule has 2 aromatic rings. The molecule has 0 saturated carbocycles. The van der Waals surface area contributed by atoms with E-state index in [1.807, 2.05) is 45.0 Å². The third kappa shape index (κ3) is 7.40. The van der Waals surface area contributed by atoms with Gasteiger partial charge in [0.05, 0.1) is 11.4 Å². The van der Waals surface area contributed by atoms with E-state index in [1.165, 1.54) is 11.8 Å². The van der Waals surface area contributed by atoms with E-state index in [-0.39, 0.29) is 18.2 Å². The van der Waals surface area contributed by atoms with Crippen LogP contribution in [0.1, 0.15) is 51.2 Å². The van der Waals surface area contributed by atoms with Gasteiger partial charge in [0.1, 0.15) is 25.8 Å². The molecule has 0 spiro atoms. The number of rotatable bonds is 13. The van der Waals surface area contributed by atoms with Gasteiger partial charge in [-0.1, -0.05) is 50.1 Å². The molecule has 3 rings (SSSR count). The Morgan fingerprint density at radius 3 is 2.42 bits per heavy atom. The van der Waals surface area contributed by atoms with Gasteiger partial charge in [-0.2, -0.15) is 0 Å². The standard InChI is InChI=1S/C28H39N3O6S/c1-5-8-14-29-28(33)24(6-2)30(19-22-11-9-10-21(4)17-22)27(32)20-31(38(34,35)7-3)23-12-13-25-26(18-23)37-16-15-36-25/h9-13,17-18,24H,5-8,14-16,19-20H2,1-4H3,(H,29,33). The minimum atomic E-state index is -3.83. The quantitative estimate of drug-likeness (QED) is 0.385. The molecule has 0 saturated heterocycles. The molecule has 9 nitrogen and oxygen atoms in total. The number of benzene rings is 2. The first-order chi connectivity index (χ1) is 18.2. The van der Waals surface area contributed by atoms with Gasteiger partial charge >= 0.3 is 0 Å². The van der Waals surface area contributed by atoms with E-state index in [9.17, 15) is 18.0 Å². The molecule has 1 aliphatic rings. The smallest absolute Gasteiger partial charge is 0.244 e. The number of amides is 2. The number of fused-ring (bicyclic) bond motifs is 1. The van der Waals surface area contributed by atoms with Gasteiger partial charge in [0, 0.05) is 19.2 Å². The van der Waals surface area contributed by atoms with Crippen LogP contribution in [-0.4, -0.2) is 63.2 Å². The fourth-order valence-corrected chi connectivity index (χ4v) is 5.39. The van der Waals surface area contributed by atoms with Gasteiger partial charge in [0.25, 0.3) is 0 Å². The van der Waals surface area contributed by atoms with Crippen molar-refractivity contribution in [3.05, 3.63) is 53.6 Å². The van der Waals surface area contributed by atoms with Crippen molar-refractivity contribution in [2.75, 3.05) is 36.4 Å². The molecule has 0 aromatic heterocycles. The third-order valence-corrected chi connectivity index (χ3v) is 8.19. The largest absolute Gasteiger partial charge is 0.486 e. The third-order valence-electron chi connectivity index (χ3n) is 6.44. The summed E-state index contributed by atoms with van der Waals surface area (Å²) in [6.07, 6.45) is 2.16. The first-order valence-electron chi connectivity index (χ1n) is 13.2. The van der Waals surface area contributed by atoms with Crippen LogP contribution in [0.15, 0.2) is 42.5 Å². The Balaban J connectivity index is 1.95. The zero-order chi connectivity index (χ0) is 27.7. The first kappa shape index (κ1) is 29.3. The number of carbonyl (C=O) groups is 2. The lowest BCUT2D eigenvalue weighted by atomic mass is 10.1. The van der Waals surface area contributed by atoms with Crippen molar-refractivity contribution in [1.82, 2.24) is 10.2 Å². The van der Waals surface area contributed by atoms with Gasteiger partial charge in [-0.3, -0.25) is 13.9 Å². The summed E-state index contributed by atoms with van der Waals surface area (Å²) in [6.45, 7) is 8.40. The molecule has 1 N–H and O–H groups in total.